The van der Waals surface area contributed by atoms with E-state index in [2.05, 4.69) is 4.99 Å². The largest absolute Gasteiger partial charge is 0.383 e. The number of halogens is 1. The van der Waals surface area contributed by atoms with E-state index < -0.39 is 0 Å². The fourth-order valence-corrected chi connectivity index (χ4v) is 3.69. The van der Waals surface area contributed by atoms with Crippen LogP contribution in [0.5, 0.6) is 0 Å². The number of fused-ring (bicyclic) bond motifs is 1. The zero-order chi connectivity index (χ0) is 17.6. The summed E-state index contributed by atoms with van der Waals surface area (Å²) in [6.07, 6.45) is 0.998. The van der Waals surface area contributed by atoms with Crippen molar-refractivity contribution < 1.29 is 13.9 Å². The lowest BCUT2D eigenvalue weighted by molar-refractivity contribution is -0.118. The molecule has 3 rings (SSSR count). The van der Waals surface area contributed by atoms with Gasteiger partial charge in [-0.15, -0.1) is 0 Å². The molecule has 0 unspecified atom stereocenters. The van der Waals surface area contributed by atoms with Crippen molar-refractivity contribution in [2.24, 2.45) is 4.99 Å². The summed E-state index contributed by atoms with van der Waals surface area (Å²) in [6, 6.07) is 14.4. The quantitative estimate of drug-likeness (QED) is 0.676. The summed E-state index contributed by atoms with van der Waals surface area (Å²) in [4.78, 5) is 17.1. The van der Waals surface area contributed by atoms with Crippen LogP contribution in [0, 0.1) is 5.82 Å². The third kappa shape index (κ3) is 4.41. The molecule has 1 aromatic heterocycles. The van der Waals surface area contributed by atoms with Crippen LogP contribution >= 0.6 is 11.3 Å². The van der Waals surface area contributed by atoms with E-state index in [9.17, 15) is 9.18 Å². The summed E-state index contributed by atoms with van der Waals surface area (Å²) >= 11 is 1.32. The number of ether oxygens (including phenoxy) is 1. The van der Waals surface area contributed by atoms with Crippen molar-refractivity contribution in [3.05, 3.63) is 64.7 Å². The van der Waals surface area contributed by atoms with Gasteiger partial charge in [0.05, 0.1) is 16.8 Å². The number of carbonyl (C=O) groups is 1. The minimum atomic E-state index is -0.297. The number of benzene rings is 2. The second kappa shape index (κ2) is 8.18. The summed E-state index contributed by atoms with van der Waals surface area (Å²) < 4.78 is 21.3. The van der Waals surface area contributed by atoms with Gasteiger partial charge in [-0.1, -0.05) is 41.7 Å². The minimum absolute atomic E-state index is 0.179. The average Bonchev–Trinajstić information content (AvgIpc) is 2.95. The zero-order valence-electron chi connectivity index (χ0n) is 13.9. The molecule has 0 saturated heterocycles. The van der Waals surface area contributed by atoms with E-state index in [0.29, 0.717) is 30.8 Å². The predicted octanol–water partition coefficient (Wildman–Crippen LogP) is 3.55. The normalized spacial score (nSPS) is 12.0. The third-order valence-electron chi connectivity index (χ3n) is 3.85. The molecule has 25 heavy (non-hydrogen) atoms. The Morgan fingerprint density at radius 2 is 2.04 bits per heavy atom. The van der Waals surface area contributed by atoms with Gasteiger partial charge in [0.2, 0.25) is 5.91 Å². The maximum atomic E-state index is 13.5. The van der Waals surface area contributed by atoms with Gasteiger partial charge < -0.3 is 9.30 Å². The first kappa shape index (κ1) is 17.5. The summed E-state index contributed by atoms with van der Waals surface area (Å²) in [5, 5.41) is 0. The molecule has 0 bridgehead atoms. The molecule has 0 aliphatic carbocycles. The third-order valence-corrected chi connectivity index (χ3v) is 4.90. The summed E-state index contributed by atoms with van der Waals surface area (Å²) in [6.45, 7) is 1.06. The number of nitrogens with zero attached hydrogens (tertiary/aromatic N) is 2. The van der Waals surface area contributed by atoms with Crippen LogP contribution in [0.15, 0.2) is 53.5 Å². The van der Waals surface area contributed by atoms with Gasteiger partial charge in [0.25, 0.3) is 0 Å². The van der Waals surface area contributed by atoms with Crippen molar-refractivity contribution in [1.82, 2.24) is 4.57 Å². The fourth-order valence-electron chi connectivity index (χ4n) is 2.59. The van der Waals surface area contributed by atoms with Gasteiger partial charge >= 0.3 is 0 Å². The second-order valence-electron chi connectivity index (χ2n) is 5.63. The lowest BCUT2D eigenvalue weighted by Crippen LogP contribution is -2.19. The van der Waals surface area contributed by atoms with Gasteiger partial charge in [0.15, 0.2) is 4.80 Å². The number of hydrogen-bond donors (Lipinski definition) is 0. The molecule has 6 heteroatoms. The Kier molecular flexibility index (Phi) is 5.73. The molecule has 1 amide bonds. The molecule has 130 valence electrons. The van der Waals surface area contributed by atoms with E-state index in [-0.39, 0.29) is 11.7 Å². The minimum Gasteiger partial charge on any atom is -0.383 e. The van der Waals surface area contributed by atoms with Crippen LogP contribution in [-0.4, -0.2) is 24.2 Å². The van der Waals surface area contributed by atoms with E-state index in [1.807, 2.05) is 34.9 Å². The van der Waals surface area contributed by atoms with Gasteiger partial charge in [0, 0.05) is 20.1 Å². The molecule has 0 aliphatic heterocycles. The summed E-state index contributed by atoms with van der Waals surface area (Å²) in [5.74, 6) is -0.475. The highest BCUT2D eigenvalue weighted by Crippen LogP contribution is 2.18. The molecule has 0 spiro atoms. The highest BCUT2D eigenvalue weighted by Gasteiger charge is 2.09. The van der Waals surface area contributed by atoms with Gasteiger partial charge in [-0.25, -0.2) is 4.39 Å². The molecule has 1 heterocycles. The van der Waals surface area contributed by atoms with Crippen LogP contribution in [0.1, 0.15) is 12.0 Å². The highest BCUT2D eigenvalue weighted by atomic mass is 32.1. The maximum absolute atomic E-state index is 13.5. The molecule has 4 nitrogen and oxygen atoms in total. The second-order valence-corrected chi connectivity index (χ2v) is 6.64. The van der Waals surface area contributed by atoms with Gasteiger partial charge in [-0.2, -0.15) is 4.99 Å². The average molecular weight is 358 g/mol. The number of aromatic nitrogens is 1. The topological polar surface area (TPSA) is 43.6 Å². The number of carbonyl (C=O) groups excluding carboxylic acids is 1. The van der Waals surface area contributed by atoms with Crippen LogP contribution < -0.4 is 4.80 Å². The molecule has 0 radical (unpaired) electrons. The van der Waals surface area contributed by atoms with Gasteiger partial charge in [0.1, 0.15) is 5.82 Å². The van der Waals surface area contributed by atoms with Crippen LogP contribution in [-0.2, 0) is 22.5 Å². The molecule has 0 saturated carbocycles. The Bertz CT molecular complexity index is 931. The molecular formula is C19H19FN2O2S. The Labute approximate surface area is 149 Å². The summed E-state index contributed by atoms with van der Waals surface area (Å²) in [7, 11) is 1.62. The van der Waals surface area contributed by atoms with Crippen molar-refractivity contribution in [3.8, 4) is 0 Å². The van der Waals surface area contributed by atoms with Crippen LogP contribution in [0.3, 0.4) is 0 Å². The number of thiazole rings is 1. The molecule has 0 atom stereocenters. The van der Waals surface area contributed by atoms with Crippen molar-refractivity contribution in [1.29, 1.82) is 0 Å². The predicted molar refractivity (Wildman–Crippen MR) is 97.0 cm³/mol. The van der Waals surface area contributed by atoms with Crippen LogP contribution in [0.25, 0.3) is 10.2 Å². The van der Waals surface area contributed by atoms with E-state index in [1.165, 1.54) is 23.5 Å². The van der Waals surface area contributed by atoms with Crippen molar-refractivity contribution in [2.75, 3.05) is 13.7 Å². The Morgan fingerprint density at radius 3 is 2.80 bits per heavy atom. The Balaban J connectivity index is 1.87. The van der Waals surface area contributed by atoms with Crippen molar-refractivity contribution in [2.45, 2.75) is 19.4 Å². The molecular weight excluding hydrogens is 339 g/mol. The number of rotatable bonds is 6. The zero-order valence-corrected chi connectivity index (χ0v) is 14.8. The van der Waals surface area contributed by atoms with Crippen LogP contribution in [0.2, 0.25) is 0 Å². The molecule has 2 aromatic carbocycles. The van der Waals surface area contributed by atoms with Gasteiger partial charge in [-0.3, -0.25) is 4.79 Å². The first-order valence-corrected chi connectivity index (χ1v) is 8.88. The van der Waals surface area contributed by atoms with Crippen molar-refractivity contribution >= 4 is 27.5 Å². The molecule has 0 aliphatic rings. The van der Waals surface area contributed by atoms with Crippen molar-refractivity contribution in [3.63, 3.8) is 0 Å². The lowest BCUT2D eigenvalue weighted by atomic mass is 10.1. The maximum Gasteiger partial charge on any atom is 0.248 e. The first-order chi connectivity index (χ1) is 12.2. The molecule has 0 fully saturated rings. The smallest absolute Gasteiger partial charge is 0.248 e. The molecule has 3 aromatic rings. The first-order valence-electron chi connectivity index (χ1n) is 8.06. The number of methoxy groups -OCH3 is 1. The standard InChI is InChI=1S/C19H19FN2O2S/c1-24-12-11-22-16-9-8-15(20)13-17(16)25-19(22)21-18(23)10-7-14-5-3-2-4-6-14/h2-6,8-9,13H,7,10-12H2,1H3. The molecule has 0 N–H and O–H groups in total. The Hall–Kier alpha value is -2.31. The number of aryl methyl sites for hydroxylation is 1. The van der Waals surface area contributed by atoms with E-state index in [1.54, 1.807) is 13.2 Å². The SMILES string of the molecule is COCCn1c(=NC(=O)CCc2ccccc2)sc2cc(F)ccc21. The van der Waals surface area contributed by atoms with E-state index >= 15 is 0 Å². The number of amides is 1. The Morgan fingerprint density at radius 1 is 1.24 bits per heavy atom. The number of hydrogen-bond acceptors (Lipinski definition) is 3. The highest BCUT2D eigenvalue weighted by molar-refractivity contribution is 7.16. The lowest BCUT2D eigenvalue weighted by Gasteiger charge is -2.04. The van der Waals surface area contributed by atoms with Crippen LogP contribution in [0.4, 0.5) is 4.39 Å². The van der Waals surface area contributed by atoms with Gasteiger partial charge in [-0.05, 0) is 30.2 Å². The van der Waals surface area contributed by atoms with E-state index in [4.69, 9.17) is 4.74 Å². The monoisotopic (exact) mass is 358 g/mol. The fraction of sp³-hybridized carbons (Fsp3) is 0.263. The van der Waals surface area contributed by atoms with E-state index in [0.717, 1.165) is 15.8 Å². The summed E-state index contributed by atoms with van der Waals surface area (Å²) in [5.41, 5.74) is 1.97.